The summed E-state index contributed by atoms with van der Waals surface area (Å²) >= 11 is 2.74. The molecule has 134 valence electrons. The molecular formula is C18H17N3O3S2. The van der Waals surface area contributed by atoms with Crippen LogP contribution in [0.1, 0.15) is 12.5 Å². The number of non-ortho nitro benzene ring substituents is 1. The highest BCUT2D eigenvalue weighted by atomic mass is 32.2. The Kier molecular flexibility index (Phi) is 5.53. The second-order valence-corrected chi connectivity index (χ2v) is 8.45. The molecule has 0 spiro atoms. The van der Waals surface area contributed by atoms with Crippen LogP contribution in [0.25, 0.3) is 10.2 Å². The number of aromatic nitrogens is 1. The standard InChI is InChI=1S/C18H17N3O3S2/c1-12(17(22)20(2)11-13-6-4-3-5-7-13)25-18-19-15-9-8-14(21(23)24)10-16(15)26-18/h3-10,12H,11H2,1-2H3/t12-/m1/s1. The van der Waals surface area contributed by atoms with E-state index in [4.69, 9.17) is 0 Å². The molecule has 1 amide bonds. The van der Waals surface area contributed by atoms with Crippen LogP contribution >= 0.6 is 23.1 Å². The molecule has 0 radical (unpaired) electrons. The maximum absolute atomic E-state index is 12.6. The second kappa shape index (κ2) is 7.84. The molecule has 0 unspecified atom stereocenters. The Morgan fingerprint density at radius 1 is 1.31 bits per heavy atom. The molecule has 0 bridgehead atoms. The van der Waals surface area contributed by atoms with Gasteiger partial charge in [-0.2, -0.15) is 0 Å². The van der Waals surface area contributed by atoms with Gasteiger partial charge >= 0.3 is 0 Å². The van der Waals surface area contributed by atoms with Gasteiger partial charge in [0.15, 0.2) is 4.34 Å². The van der Waals surface area contributed by atoms with Crippen LogP contribution in [0.5, 0.6) is 0 Å². The number of amides is 1. The SMILES string of the molecule is C[C@@H](Sc1nc2ccc([N+](=O)[O-])cc2s1)C(=O)N(C)Cc1ccccc1. The molecule has 1 heterocycles. The summed E-state index contributed by atoms with van der Waals surface area (Å²) in [6, 6.07) is 14.4. The normalized spacial score (nSPS) is 12.1. The molecule has 1 aromatic heterocycles. The van der Waals surface area contributed by atoms with E-state index in [1.54, 1.807) is 18.0 Å². The summed E-state index contributed by atoms with van der Waals surface area (Å²) in [6.45, 7) is 2.40. The summed E-state index contributed by atoms with van der Waals surface area (Å²) in [7, 11) is 1.79. The third kappa shape index (κ3) is 4.20. The van der Waals surface area contributed by atoms with Crippen LogP contribution in [-0.4, -0.2) is 33.0 Å². The number of benzene rings is 2. The first-order chi connectivity index (χ1) is 12.4. The van der Waals surface area contributed by atoms with Gasteiger partial charge in [-0.15, -0.1) is 11.3 Å². The van der Waals surface area contributed by atoms with Gasteiger partial charge in [-0.1, -0.05) is 42.1 Å². The molecule has 1 atom stereocenters. The number of nitro benzene ring substituents is 1. The van der Waals surface area contributed by atoms with E-state index in [0.29, 0.717) is 12.1 Å². The van der Waals surface area contributed by atoms with Crippen LogP contribution in [0.15, 0.2) is 52.9 Å². The van der Waals surface area contributed by atoms with Crippen molar-refractivity contribution in [2.24, 2.45) is 0 Å². The first-order valence-electron chi connectivity index (χ1n) is 7.94. The zero-order valence-corrected chi connectivity index (χ0v) is 15.9. The Morgan fingerprint density at radius 3 is 2.73 bits per heavy atom. The lowest BCUT2D eigenvalue weighted by Crippen LogP contribution is -2.32. The summed E-state index contributed by atoms with van der Waals surface area (Å²) in [5.41, 5.74) is 1.83. The van der Waals surface area contributed by atoms with E-state index in [1.165, 1.54) is 35.2 Å². The Bertz CT molecular complexity index is 943. The highest BCUT2D eigenvalue weighted by molar-refractivity contribution is 8.02. The van der Waals surface area contributed by atoms with E-state index < -0.39 is 4.92 Å². The highest BCUT2D eigenvalue weighted by Crippen LogP contribution is 2.34. The zero-order chi connectivity index (χ0) is 18.7. The number of hydrogen-bond acceptors (Lipinski definition) is 6. The van der Waals surface area contributed by atoms with Gasteiger partial charge in [0.2, 0.25) is 5.91 Å². The molecular weight excluding hydrogens is 370 g/mol. The third-order valence-corrected chi connectivity index (χ3v) is 6.03. The van der Waals surface area contributed by atoms with Gasteiger partial charge in [0.1, 0.15) is 0 Å². The van der Waals surface area contributed by atoms with Crippen molar-refractivity contribution in [1.29, 1.82) is 0 Å². The summed E-state index contributed by atoms with van der Waals surface area (Å²) in [5.74, 6) is 0.0177. The number of nitrogens with zero attached hydrogens (tertiary/aromatic N) is 3. The predicted molar refractivity (Wildman–Crippen MR) is 105 cm³/mol. The molecule has 3 rings (SSSR count). The van der Waals surface area contributed by atoms with Crippen molar-refractivity contribution in [1.82, 2.24) is 9.88 Å². The minimum atomic E-state index is -0.420. The summed E-state index contributed by atoms with van der Waals surface area (Å²) in [4.78, 5) is 29.2. The van der Waals surface area contributed by atoms with Crippen molar-refractivity contribution in [3.63, 3.8) is 0 Å². The molecule has 0 aliphatic heterocycles. The van der Waals surface area contributed by atoms with Crippen LogP contribution in [0.3, 0.4) is 0 Å². The monoisotopic (exact) mass is 387 g/mol. The molecule has 6 nitrogen and oxygen atoms in total. The molecule has 26 heavy (non-hydrogen) atoms. The van der Waals surface area contributed by atoms with Gasteiger partial charge in [0.25, 0.3) is 5.69 Å². The number of nitro groups is 1. The lowest BCUT2D eigenvalue weighted by Gasteiger charge is -2.20. The second-order valence-electron chi connectivity index (χ2n) is 5.83. The Morgan fingerprint density at radius 2 is 2.04 bits per heavy atom. The number of fused-ring (bicyclic) bond motifs is 1. The number of carbonyl (C=O) groups is 1. The van der Waals surface area contributed by atoms with Crippen molar-refractivity contribution in [3.8, 4) is 0 Å². The fraction of sp³-hybridized carbons (Fsp3) is 0.222. The topological polar surface area (TPSA) is 76.3 Å². The van der Waals surface area contributed by atoms with Crippen LogP contribution in [-0.2, 0) is 11.3 Å². The van der Waals surface area contributed by atoms with E-state index in [-0.39, 0.29) is 16.8 Å². The van der Waals surface area contributed by atoms with Crippen LogP contribution in [0.2, 0.25) is 0 Å². The van der Waals surface area contributed by atoms with E-state index >= 15 is 0 Å². The Balaban J connectivity index is 1.68. The summed E-state index contributed by atoms with van der Waals surface area (Å²) in [5, 5.41) is 10.6. The van der Waals surface area contributed by atoms with E-state index in [2.05, 4.69) is 4.98 Å². The molecule has 0 saturated heterocycles. The minimum absolute atomic E-state index is 0.0177. The van der Waals surface area contributed by atoms with Crippen molar-refractivity contribution in [2.45, 2.75) is 23.1 Å². The lowest BCUT2D eigenvalue weighted by atomic mass is 10.2. The van der Waals surface area contributed by atoms with Crippen LogP contribution in [0.4, 0.5) is 5.69 Å². The van der Waals surface area contributed by atoms with E-state index in [1.807, 2.05) is 37.3 Å². The van der Waals surface area contributed by atoms with Crippen molar-refractivity contribution in [3.05, 3.63) is 64.2 Å². The molecule has 3 aromatic rings. The fourth-order valence-corrected chi connectivity index (χ4v) is 4.86. The van der Waals surface area contributed by atoms with Crippen molar-refractivity contribution in [2.75, 3.05) is 7.05 Å². The molecule has 0 aliphatic rings. The predicted octanol–water partition coefficient (Wildman–Crippen LogP) is 4.34. The van der Waals surface area contributed by atoms with Crippen molar-refractivity contribution >= 4 is 44.9 Å². The van der Waals surface area contributed by atoms with Gasteiger partial charge in [0, 0.05) is 25.7 Å². The number of hydrogen-bond donors (Lipinski definition) is 0. The lowest BCUT2D eigenvalue weighted by molar-refractivity contribution is -0.384. The minimum Gasteiger partial charge on any atom is -0.340 e. The quantitative estimate of drug-likeness (QED) is 0.357. The van der Waals surface area contributed by atoms with Gasteiger partial charge < -0.3 is 4.90 Å². The average molecular weight is 387 g/mol. The maximum Gasteiger partial charge on any atom is 0.270 e. The number of thiazole rings is 1. The first-order valence-corrected chi connectivity index (χ1v) is 9.64. The fourth-order valence-electron chi connectivity index (χ4n) is 2.50. The van der Waals surface area contributed by atoms with Gasteiger partial charge in [-0.25, -0.2) is 4.98 Å². The van der Waals surface area contributed by atoms with E-state index in [9.17, 15) is 14.9 Å². The summed E-state index contributed by atoms with van der Waals surface area (Å²) in [6.07, 6.45) is 0. The number of carbonyl (C=O) groups excluding carboxylic acids is 1. The largest absolute Gasteiger partial charge is 0.340 e. The average Bonchev–Trinajstić information content (AvgIpc) is 3.03. The Labute approximate surface area is 159 Å². The molecule has 2 aromatic carbocycles. The van der Waals surface area contributed by atoms with Crippen LogP contribution < -0.4 is 0 Å². The van der Waals surface area contributed by atoms with Gasteiger partial charge in [0.05, 0.1) is 20.4 Å². The van der Waals surface area contributed by atoms with Gasteiger partial charge in [-0.05, 0) is 18.6 Å². The van der Waals surface area contributed by atoms with E-state index in [0.717, 1.165) is 14.6 Å². The van der Waals surface area contributed by atoms with Crippen LogP contribution in [0, 0.1) is 10.1 Å². The molecule has 0 aliphatic carbocycles. The van der Waals surface area contributed by atoms with Gasteiger partial charge in [-0.3, -0.25) is 14.9 Å². The first kappa shape index (κ1) is 18.3. The molecule has 0 N–H and O–H groups in total. The number of thioether (sulfide) groups is 1. The highest BCUT2D eigenvalue weighted by Gasteiger charge is 2.21. The molecule has 0 saturated carbocycles. The molecule has 0 fully saturated rings. The smallest absolute Gasteiger partial charge is 0.270 e. The summed E-state index contributed by atoms with van der Waals surface area (Å²) < 4.78 is 1.48. The van der Waals surface area contributed by atoms with Crippen molar-refractivity contribution < 1.29 is 9.72 Å². The molecule has 8 heteroatoms. The third-order valence-electron chi connectivity index (χ3n) is 3.83. The Hall–Kier alpha value is -2.45. The maximum atomic E-state index is 12.6. The zero-order valence-electron chi connectivity index (χ0n) is 14.3. The number of rotatable bonds is 6.